The predicted molar refractivity (Wildman–Crippen MR) is 261 cm³/mol. The molecule has 0 bridgehead atoms. The van der Waals surface area contributed by atoms with Gasteiger partial charge in [-0.15, -0.1) is 0 Å². The number of ketones is 2. The molecule has 15 nitrogen and oxygen atoms in total. The van der Waals surface area contributed by atoms with Crippen LogP contribution in [-0.2, 0) is 32.3 Å². The van der Waals surface area contributed by atoms with Gasteiger partial charge in [0.2, 0.25) is 11.8 Å². The highest BCUT2D eigenvalue weighted by atomic mass is 32.2. The van der Waals surface area contributed by atoms with Crippen LogP contribution in [0.25, 0.3) is 0 Å². The van der Waals surface area contributed by atoms with E-state index in [2.05, 4.69) is 37.2 Å². The Labute approximate surface area is 402 Å². The number of fused-ring (bicyclic) bond motifs is 1. The van der Waals surface area contributed by atoms with E-state index in [1.807, 2.05) is 67.9 Å². The van der Waals surface area contributed by atoms with E-state index in [1.54, 1.807) is 22.7 Å². The van der Waals surface area contributed by atoms with Gasteiger partial charge in [-0.25, -0.2) is 15.0 Å². The molecule has 1 saturated carbocycles. The first-order valence-electron chi connectivity index (χ1n) is 24.2. The molecule has 2 aromatic carbocycles. The number of rotatable bonds is 12. The fourth-order valence-corrected chi connectivity index (χ4v) is 11.9. The van der Waals surface area contributed by atoms with E-state index in [1.165, 1.54) is 19.3 Å². The molecule has 4 saturated heterocycles. The summed E-state index contributed by atoms with van der Waals surface area (Å²) in [7, 11) is 0. The van der Waals surface area contributed by atoms with Crippen molar-refractivity contribution in [3.8, 4) is 0 Å². The molecule has 0 radical (unpaired) electrons. The second kappa shape index (κ2) is 19.2. The van der Waals surface area contributed by atoms with Crippen molar-refractivity contribution in [3.63, 3.8) is 0 Å². The van der Waals surface area contributed by atoms with Crippen molar-refractivity contribution in [1.82, 2.24) is 35.3 Å². The second-order valence-corrected chi connectivity index (χ2v) is 21.0. The number of benzene rings is 2. The highest BCUT2D eigenvalue weighted by Crippen LogP contribution is 2.42. The number of hydrogen-bond acceptors (Lipinski definition) is 13. The van der Waals surface area contributed by atoms with Gasteiger partial charge in [-0.3, -0.25) is 24.0 Å². The quantitative estimate of drug-likeness (QED) is 0.150. The van der Waals surface area contributed by atoms with Crippen molar-refractivity contribution in [2.24, 2.45) is 15.8 Å². The van der Waals surface area contributed by atoms with E-state index in [9.17, 15) is 24.0 Å². The van der Waals surface area contributed by atoms with Crippen LogP contribution < -0.4 is 20.9 Å². The van der Waals surface area contributed by atoms with Gasteiger partial charge in [0.1, 0.15) is 16.7 Å². The zero-order valence-corrected chi connectivity index (χ0v) is 39.7. The average molecular weight is 937 g/mol. The molecule has 6 aliphatic heterocycles. The van der Waals surface area contributed by atoms with Crippen LogP contribution in [-0.4, -0.2) is 125 Å². The van der Waals surface area contributed by atoms with Gasteiger partial charge in [0, 0.05) is 111 Å². The summed E-state index contributed by atoms with van der Waals surface area (Å²) < 4.78 is 0. The number of allylic oxidation sites excluding steroid dienone is 2. The summed E-state index contributed by atoms with van der Waals surface area (Å²) in [6, 6.07) is 12.7. The molecule has 1 aromatic heterocycles. The monoisotopic (exact) mass is 936 g/mol. The third kappa shape index (κ3) is 9.81. The maximum absolute atomic E-state index is 13.5. The van der Waals surface area contributed by atoms with Gasteiger partial charge in [-0.2, -0.15) is 0 Å². The predicted octanol–water partition coefficient (Wildman–Crippen LogP) is 5.70. The minimum absolute atomic E-state index is 0.00514. The molecule has 2 spiro atoms. The Kier molecular flexibility index (Phi) is 12.9. The zero-order chi connectivity index (χ0) is 47.0. The topological polar surface area (TPSA) is 173 Å². The Morgan fingerprint density at radius 2 is 1.74 bits per heavy atom. The number of amides is 3. The lowest BCUT2D eigenvalue weighted by Gasteiger charge is -2.48. The van der Waals surface area contributed by atoms with Gasteiger partial charge in [-0.1, -0.05) is 36.5 Å². The smallest absolute Gasteiger partial charge is 0.255 e. The number of aliphatic imine (C=N–C) groups is 1. The van der Waals surface area contributed by atoms with Gasteiger partial charge >= 0.3 is 0 Å². The van der Waals surface area contributed by atoms with Gasteiger partial charge in [0.15, 0.2) is 11.6 Å². The number of Topliss-reactive ketones (excluding diaryl/α,β-unsaturated/α-hetero) is 2. The maximum atomic E-state index is 13.5. The SMILES string of the molecule is C=C1C(=O)CCC(N2Cc3cc(CNC(=O)/C4=C/C=C(/N5CCC6(CN(CCC(=O)Nc7cccc(Sc8cnc(N9CCC%10(CCNC%10)CC9)cn8)c7)C6)C5)N=C(C)CC4)ccc3C2=O)C1=O. The van der Waals surface area contributed by atoms with Gasteiger partial charge in [0.05, 0.1) is 24.0 Å². The van der Waals surface area contributed by atoms with Crippen molar-refractivity contribution in [2.75, 3.05) is 69.1 Å². The highest BCUT2D eigenvalue weighted by Gasteiger charge is 2.48. The van der Waals surface area contributed by atoms with E-state index in [0.717, 1.165) is 103 Å². The Morgan fingerprint density at radius 1 is 0.912 bits per heavy atom. The minimum Gasteiger partial charge on any atom is -0.356 e. The molecule has 7 aliphatic rings. The molecule has 1 atom stereocenters. The van der Waals surface area contributed by atoms with Crippen LogP contribution in [0.3, 0.4) is 0 Å². The highest BCUT2D eigenvalue weighted by molar-refractivity contribution is 7.99. The molecular weight excluding hydrogens is 877 g/mol. The van der Waals surface area contributed by atoms with Crippen molar-refractivity contribution in [1.29, 1.82) is 0 Å². The number of piperidine rings is 1. The van der Waals surface area contributed by atoms with Crippen LogP contribution in [0.1, 0.15) is 86.2 Å². The molecule has 1 unspecified atom stereocenters. The number of aromatic nitrogens is 2. The molecule has 16 heteroatoms. The number of likely N-dealkylation sites (tertiary alicyclic amines) is 2. The van der Waals surface area contributed by atoms with Gasteiger partial charge in [0.25, 0.3) is 5.91 Å². The van der Waals surface area contributed by atoms with Crippen LogP contribution in [0, 0.1) is 10.8 Å². The number of anilines is 2. The lowest BCUT2D eigenvalue weighted by molar-refractivity contribution is -0.127. The molecular formula is C52H60N10O5S. The maximum Gasteiger partial charge on any atom is 0.255 e. The summed E-state index contributed by atoms with van der Waals surface area (Å²) in [6.07, 6.45) is 14.5. The average Bonchev–Trinajstić information content (AvgIpc) is 4.06. The lowest BCUT2D eigenvalue weighted by Crippen LogP contribution is -2.57. The van der Waals surface area contributed by atoms with E-state index >= 15 is 0 Å². The number of carbonyl (C=O) groups is 5. The molecule has 3 N–H and O–H groups in total. The molecule has 1 aliphatic carbocycles. The minimum atomic E-state index is -0.682. The fourth-order valence-electron chi connectivity index (χ4n) is 11.1. The number of hydrogen-bond donors (Lipinski definition) is 3. The number of nitrogens with zero attached hydrogens (tertiary/aromatic N) is 7. The summed E-state index contributed by atoms with van der Waals surface area (Å²) in [5.74, 6) is 0.801. The van der Waals surface area contributed by atoms with Crippen LogP contribution >= 0.6 is 11.8 Å². The van der Waals surface area contributed by atoms with E-state index in [-0.39, 0.29) is 59.8 Å². The summed E-state index contributed by atoms with van der Waals surface area (Å²) >= 11 is 1.54. The van der Waals surface area contributed by atoms with Crippen molar-refractivity contribution in [3.05, 3.63) is 107 Å². The van der Waals surface area contributed by atoms with Gasteiger partial charge < -0.3 is 35.6 Å². The first-order chi connectivity index (χ1) is 32.9. The normalized spacial score (nSPS) is 23.9. The van der Waals surface area contributed by atoms with Crippen LogP contribution in [0.2, 0.25) is 0 Å². The van der Waals surface area contributed by atoms with E-state index < -0.39 is 6.04 Å². The Hall–Kier alpha value is -5.97. The van der Waals surface area contributed by atoms with Crippen LogP contribution in [0.4, 0.5) is 11.5 Å². The van der Waals surface area contributed by atoms with E-state index in [4.69, 9.17) is 15.0 Å². The Balaban J connectivity index is 0.666. The molecule has 10 rings (SSSR count). The lowest BCUT2D eigenvalue weighted by atomic mass is 9.78. The summed E-state index contributed by atoms with van der Waals surface area (Å²) in [5, 5.41) is 10.5. The Bertz CT molecular complexity index is 2620. The summed E-state index contributed by atoms with van der Waals surface area (Å²) in [5.41, 5.74) is 5.20. The first-order valence-corrected chi connectivity index (χ1v) is 25.0. The van der Waals surface area contributed by atoms with Crippen LogP contribution in [0.5, 0.6) is 0 Å². The van der Waals surface area contributed by atoms with Crippen molar-refractivity contribution >= 4 is 58.3 Å². The third-order valence-electron chi connectivity index (χ3n) is 15.2. The fraction of sp³-hybridized carbons (Fsp3) is 0.462. The largest absolute Gasteiger partial charge is 0.356 e. The first kappa shape index (κ1) is 45.8. The third-order valence-corrected chi connectivity index (χ3v) is 16.1. The Morgan fingerprint density at radius 3 is 2.53 bits per heavy atom. The molecule has 3 amide bonds. The van der Waals surface area contributed by atoms with Crippen molar-refractivity contribution in [2.45, 2.75) is 93.8 Å². The zero-order valence-electron chi connectivity index (χ0n) is 38.9. The number of carbonyl (C=O) groups excluding carboxylic acids is 5. The van der Waals surface area contributed by atoms with Crippen LogP contribution in [0.15, 0.2) is 105 Å². The molecule has 68 heavy (non-hydrogen) atoms. The van der Waals surface area contributed by atoms with E-state index in [0.29, 0.717) is 48.8 Å². The molecule has 5 fully saturated rings. The molecule has 3 aromatic rings. The standard InChI is InChI=1S/C52H60N10O5S/c1-34-6-8-37(49(66)56-26-36-7-10-41-38(24-36)29-62(50(41)67)42-11-12-43(63)35(2)48(42)65)9-13-44(57-34)61-23-18-52(33-61)31-59(32-52)20-14-46(64)58-39-4-3-5-40(25-39)68-47-28-54-45(27-55-47)60-21-16-51(17-22-60)15-19-53-30-51/h3-5,7,9-10,13,24-25,27-28,42,53H,2,6,8,11-12,14-23,26,29-33H2,1H3,(H,56,66)(H,58,64)/b37-9+,44-13+,57-34?. The number of nitrogens with one attached hydrogen (secondary N) is 3. The van der Waals surface area contributed by atoms with Crippen molar-refractivity contribution < 1.29 is 24.0 Å². The molecule has 354 valence electrons. The van der Waals surface area contributed by atoms with Gasteiger partial charge in [-0.05, 0) is 111 Å². The molecule has 7 heterocycles. The second-order valence-electron chi connectivity index (χ2n) is 19.9. The summed E-state index contributed by atoms with van der Waals surface area (Å²) in [4.78, 5) is 88.7. The summed E-state index contributed by atoms with van der Waals surface area (Å²) in [6.45, 7) is 14.9.